The second-order valence-electron chi connectivity index (χ2n) is 10.8. The molecule has 1 heterocycles. The number of benzene rings is 1. The van der Waals surface area contributed by atoms with Gasteiger partial charge in [-0.3, -0.25) is 24.0 Å². The first-order chi connectivity index (χ1) is 17.4. The van der Waals surface area contributed by atoms with Gasteiger partial charge in [0.2, 0.25) is 11.6 Å². The third kappa shape index (κ3) is 5.82. The minimum Gasteiger partial charge on any atom is -0.444 e. The molecule has 1 aliphatic heterocycles. The van der Waals surface area contributed by atoms with Crippen LogP contribution < -0.4 is 10.6 Å². The highest BCUT2D eigenvalue weighted by Crippen LogP contribution is 2.38. The molecular formula is C25H28N3O10+. The van der Waals surface area contributed by atoms with Crippen LogP contribution in [0.25, 0.3) is 0 Å². The summed E-state index contributed by atoms with van der Waals surface area (Å²) in [6.07, 6.45) is -1.83. The molecule has 38 heavy (non-hydrogen) atoms. The molecule has 13 nitrogen and oxygen atoms in total. The highest BCUT2D eigenvalue weighted by atomic mass is 16.6. The SMILES string of the molecule is CC(C)(C)OC(=O)NCC(=O)C1C(=O)c2cc3c(cc2C1=O)[N+](=O)C(C(=O)CNC(=O)OC(C)(C)C)C3=O. The summed E-state index contributed by atoms with van der Waals surface area (Å²) in [5.74, 6) is -6.29. The molecule has 1 aromatic rings. The molecule has 13 heteroatoms. The van der Waals surface area contributed by atoms with E-state index in [1.165, 1.54) is 0 Å². The van der Waals surface area contributed by atoms with Crippen molar-refractivity contribution in [2.24, 2.45) is 5.92 Å². The van der Waals surface area contributed by atoms with E-state index in [1.54, 1.807) is 41.5 Å². The maximum absolute atomic E-state index is 12.9. The van der Waals surface area contributed by atoms with E-state index < -0.39 is 77.4 Å². The van der Waals surface area contributed by atoms with Crippen molar-refractivity contribution >= 4 is 46.8 Å². The van der Waals surface area contributed by atoms with Crippen LogP contribution in [0, 0.1) is 10.8 Å². The molecule has 0 radical (unpaired) electrons. The Kier molecular flexibility index (Phi) is 7.35. The van der Waals surface area contributed by atoms with Gasteiger partial charge in [-0.25, -0.2) is 9.59 Å². The van der Waals surface area contributed by atoms with Crippen LogP contribution in [-0.4, -0.2) is 76.2 Å². The Morgan fingerprint density at radius 3 is 1.66 bits per heavy atom. The summed E-state index contributed by atoms with van der Waals surface area (Å²) >= 11 is 0. The van der Waals surface area contributed by atoms with Crippen molar-refractivity contribution < 1.29 is 47.8 Å². The fourth-order valence-electron chi connectivity index (χ4n) is 3.91. The van der Waals surface area contributed by atoms with E-state index in [0.29, 0.717) is 0 Å². The van der Waals surface area contributed by atoms with Crippen molar-refractivity contribution in [3.8, 4) is 0 Å². The molecule has 2 unspecified atom stereocenters. The number of nitrogens with one attached hydrogen (secondary N) is 2. The monoisotopic (exact) mass is 530 g/mol. The van der Waals surface area contributed by atoms with E-state index in [2.05, 4.69) is 10.6 Å². The molecule has 2 N–H and O–H groups in total. The van der Waals surface area contributed by atoms with Crippen molar-refractivity contribution in [3.63, 3.8) is 0 Å². The van der Waals surface area contributed by atoms with Gasteiger partial charge in [0, 0.05) is 22.1 Å². The van der Waals surface area contributed by atoms with Gasteiger partial charge in [0.05, 0.1) is 17.8 Å². The molecule has 0 saturated heterocycles. The number of carbonyl (C=O) groups is 7. The molecule has 0 spiro atoms. The van der Waals surface area contributed by atoms with Crippen molar-refractivity contribution in [1.29, 1.82) is 0 Å². The molecule has 2 atom stereocenters. The molecular weight excluding hydrogens is 502 g/mol. The molecule has 2 amide bonds. The average molecular weight is 531 g/mol. The lowest BCUT2D eigenvalue weighted by Crippen LogP contribution is -2.42. The first kappa shape index (κ1) is 28.3. The number of hydrogen-bond donors (Lipinski definition) is 2. The number of carbonyl (C=O) groups excluding carboxylic acids is 7. The lowest BCUT2D eigenvalue weighted by atomic mass is 9.98. The molecule has 202 valence electrons. The van der Waals surface area contributed by atoms with Crippen LogP contribution >= 0.6 is 0 Å². The third-order valence-corrected chi connectivity index (χ3v) is 5.42. The normalized spacial score (nSPS) is 18.6. The number of nitrogens with zero attached hydrogens (tertiary/aromatic N) is 1. The number of nitroso groups, excluding NO2 is 1. The maximum atomic E-state index is 12.9. The lowest BCUT2D eigenvalue weighted by molar-refractivity contribution is -0.468. The molecule has 0 aromatic heterocycles. The van der Waals surface area contributed by atoms with Gasteiger partial charge in [0.25, 0.3) is 5.69 Å². The molecule has 0 saturated carbocycles. The fraction of sp³-hybridized carbons (Fsp3) is 0.480. The van der Waals surface area contributed by atoms with E-state index in [1.807, 2.05) is 0 Å². The van der Waals surface area contributed by atoms with E-state index in [9.17, 15) is 38.5 Å². The van der Waals surface area contributed by atoms with Crippen molar-refractivity contribution in [1.82, 2.24) is 10.6 Å². The number of ether oxygens (including phenoxy) is 2. The third-order valence-electron chi connectivity index (χ3n) is 5.42. The van der Waals surface area contributed by atoms with Crippen LogP contribution in [0.1, 0.15) is 72.6 Å². The van der Waals surface area contributed by atoms with Crippen molar-refractivity contribution in [2.45, 2.75) is 58.8 Å². The number of hydrogen-bond acceptors (Lipinski definition) is 10. The summed E-state index contributed by atoms with van der Waals surface area (Å²) in [4.78, 5) is 100. The second-order valence-corrected chi connectivity index (χ2v) is 10.8. The molecule has 0 bridgehead atoms. The number of rotatable bonds is 6. The zero-order chi connectivity index (χ0) is 28.7. The van der Waals surface area contributed by atoms with Crippen molar-refractivity contribution in [2.75, 3.05) is 13.1 Å². The Labute approximate surface area is 217 Å². The molecule has 1 aromatic carbocycles. The van der Waals surface area contributed by atoms with E-state index in [4.69, 9.17) is 9.47 Å². The minimum atomic E-state index is -1.83. The van der Waals surface area contributed by atoms with Gasteiger partial charge in [0.1, 0.15) is 22.7 Å². The van der Waals surface area contributed by atoms with E-state index in [-0.39, 0.29) is 27.1 Å². The first-order valence-electron chi connectivity index (χ1n) is 11.7. The molecule has 2 aliphatic rings. The Balaban J connectivity index is 1.74. The average Bonchev–Trinajstić information content (AvgIpc) is 3.16. The van der Waals surface area contributed by atoms with Crippen LogP contribution in [0.3, 0.4) is 0 Å². The minimum absolute atomic E-state index is 0.105. The van der Waals surface area contributed by atoms with Crippen molar-refractivity contribution in [3.05, 3.63) is 33.7 Å². The predicted molar refractivity (Wildman–Crippen MR) is 128 cm³/mol. The number of alkyl carbamates (subject to hydrolysis) is 2. The molecule has 3 rings (SSSR count). The Morgan fingerprint density at radius 1 is 0.737 bits per heavy atom. The van der Waals surface area contributed by atoms with Crippen LogP contribution in [0.5, 0.6) is 0 Å². The second kappa shape index (κ2) is 9.88. The van der Waals surface area contributed by atoms with Crippen LogP contribution in [0.15, 0.2) is 12.1 Å². The maximum Gasteiger partial charge on any atom is 0.408 e. The van der Waals surface area contributed by atoms with Crippen LogP contribution in [0.4, 0.5) is 15.3 Å². The van der Waals surface area contributed by atoms with Gasteiger partial charge in [-0.2, -0.15) is 0 Å². The quantitative estimate of drug-likeness (QED) is 0.407. The summed E-state index contributed by atoms with van der Waals surface area (Å²) in [5, 5.41) is 4.37. The van der Waals surface area contributed by atoms with E-state index >= 15 is 0 Å². The topological polar surface area (TPSA) is 182 Å². The summed E-state index contributed by atoms with van der Waals surface area (Å²) < 4.78 is 10.1. The van der Waals surface area contributed by atoms with E-state index in [0.717, 1.165) is 12.1 Å². The molecule has 1 aliphatic carbocycles. The van der Waals surface area contributed by atoms with Gasteiger partial charge >= 0.3 is 18.2 Å². The van der Waals surface area contributed by atoms with Gasteiger partial charge in [-0.1, -0.05) is 0 Å². The largest absolute Gasteiger partial charge is 0.444 e. The van der Waals surface area contributed by atoms with Crippen LogP contribution in [0.2, 0.25) is 0 Å². The Bertz CT molecular complexity index is 1150. The number of amides is 2. The zero-order valence-corrected chi connectivity index (χ0v) is 21.8. The Hall–Kier alpha value is -4.29. The summed E-state index contributed by atoms with van der Waals surface area (Å²) in [6, 6.07) is 0.184. The van der Waals surface area contributed by atoms with Gasteiger partial charge in [-0.05, 0) is 47.6 Å². The predicted octanol–water partition coefficient (Wildman–Crippen LogP) is 1.84. The zero-order valence-electron chi connectivity index (χ0n) is 21.8. The number of ketones is 5. The summed E-state index contributed by atoms with van der Waals surface area (Å²) in [5.41, 5.74) is -2.74. The van der Waals surface area contributed by atoms with Crippen LogP contribution in [-0.2, 0) is 19.1 Å². The highest BCUT2D eigenvalue weighted by Gasteiger charge is 2.54. The number of Topliss-reactive ketones (excluding diaryl/α,β-unsaturated/α-hetero) is 5. The lowest BCUT2D eigenvalue weighted by Gasteiger charge is -2.19. The first-order valence-corrected chi connectivity index (χ1v) is 11.7. The molecule has 0 fully saturated rings. The number of fused-ring (bicyclic) bond motifs is 2. The van der Waals surface area contributed by atoms with Gasteiger partial charge in [-0.15, -0.1) is 0 Å². The van der Waals surface area contributed by atoms with Gasteiger partial charge in [0.15, 0.2) is 17.3 Å². The highest BCUT2D eigenvalue weighted by molar-refractivity contribution is 6.36. The Morgan fingerprint density at radius 2 is 1.18 bits per heavy atom. The summed E-state index contributed by atoms with van der Waals surface area (Å²) in [7, 11) is 0. The van der Waals surface area contributed by atoms with Gasteiger partial charge < -0.3 is 20.1 Å². The fourth-order valence-corrected chi connectivity index (χ4v) is 3.91. The standard InChI is InChI=1S/C25H27N3O10/c1-24(2,3)37-22(34)26-9-15(29)17-19(31)11-7-13-14(8-12(11)20(17)32)28(36)18(21(13)33)16(30)10-27-23(35)38-25(4,5)6/h7-8,17-18H,9-10H2,1-6H3,(H-,26,27,34,35)/p+1. The smallest absolute Gasteiger partial charge is 0.408 e. The summed E-state index contributed by atoms with van der Waals surface area (Å²) in [6.45, 7) is 8.36.